The number of hydrogen-bond donors (Lipinski definition) is 2. The molecule has 0 saturated heterocycles. The zero-order valence-corrected chi connectivity index (χ0v) is 11.0. The molecule has 0 amide bonds. The second kappa shape index (κ2) is 4.74. The number of benzene rings is 1. The summed E-state index contributed by atoms with van der Waals surface area (Å²) in [7, 11) is 0. The van der Waals surface area contributed by atoms with Crippen molar-refractivity contribution in [3.8, 4) is 5.82 Å². The second-order valence-corrected chi connectivity index (χ2v) is 4.62. The Balaban J connectivity index is 2.49. The van der Waals surface area contributed by atoms with Gasteiger partial charge in [-0.15, -0.1) is 0 Å². The van der Waals surface area contributed by atoms with Gasteiger partial charge in [0.25, 0.3) is 5.56 Å². The highest BCUT2D eigenvalue weighted by Gasteiger charge is 2.19. The molecule has 0 fully saturated rings. The van der Waals surface area contributed by atoms with Gasteiger partial charge in [-0.3, -0.25) is 9.89 Å². The summed E-state index contributed by atoms with van der Waals surface area (Å²) < 4.78 is 28.4. The van der Waals surface area contributed by atoms with Crippen molar-refractivity contribution in [1.82, 2.24) is 19.7 Å². The van der Waals surface area contributed by atoms with Crippen LogP contribution in [0.25, 0.3) is 16.7 Å². The molecular weight excluding hydrogens is 280 g/mol. The Labute approximate surface area is 117 Å². The van der Waals surface area contributed by atoms with Gasteiger partial charge in [-0.05, 0) is 6.92 Å². The quantitative estimate of drug-likeness (QED) is 0.747. The third kappa shape index (κ3) is 2.09. The molecule has 0 aliphatic heterocycles. The predicted octanol–water partition coefficient (Wildman–Crippen LogP) is 1.41. The lowest BCUT2D eigenvalue weighted by Gasteiger charge is -2.14. The van der Waals surface area contributed by atoms with Gasteiger partial charge in [-0.1, -0.05) is 0 Å². The highest BCUT2D eigenvalue weighted by molar-refractivity contribution is 5.78. The number of fused-ring (bicyclic) bond motifs is 1. The highest BCUT2D eigenvalue weighted by Crippen LogP contribution is 2.18. The number of aromatic amines is 1. The van der Waals surface area contributed by atoms with Crippen molar-refractivity contribution in [1.29, 1.82) is 0 Å². The Bertz CT molecular complexity index is 870. The topological polar surface area (TPSA) is 89.6 Å². The van der Waals surface area contributed by atoms with Crippen LogP contribution in [-0.4, -0.2) is 19.7 Å². The Kier molecular flexibility index (Phi) is 3.02. The first kappa shape index (κ1) is 13.4. The van der Waals surface area contributed by atoms with Crippen molar-refractivity contribution < 1.29 is 8.78 Å². The molecule has 3 rings (SSSR count). The lowest BCUT2D eigenvalue weighted by molar-refractivity contribution is 0.588. The van der Waals surface area contributed by atoms with E-state index in [-0.39, 0.29) is 16.7 Å². The fourth-order valence-electron chi connectivity index (χ4n) is 2.16. The number of nitrogens with zero attached hydrogens (tertiary/aromatic N) is 3. The first-order valence-corrected chi connectivity index (χ1v) is 6.16. The van der Waals surface area contributed by atoms with E-state index in [0.29, 0.717) is 11.9 Å². The van der Waals surface area contributed by atoms with Crippen LogP contribution in [0, 0.1) is 11.6 Å². The molecule has 0 unspecified atom stereocenters. The van der Waals surface area contributed by atoms with Crippen molar-refractivity contribution in [2.45, 2.75) is 13.0 Å². The minimum atomic E-state index is -0.966. The molecule has 108 valence electrons. The monoisotopic (exact) mass is 291 g/mol. The van der Waals surface area contributed by atoms with Crippen LogP contribution in [0.1, 0.15) is 18.8 Å². The van der Waals surface area contributed by atoms with E-state index >= 15 is 0 Å². The van der Waals surface area contributed by atoms with Gasteiger partial charge in [-0.25, -0.2) is 18.3 Å². The van der Waals surface area contributed by atoms with E-state index in [2.05, 4.69) is 15.2 Å². The van der Waals surface area contributed by atoms with E-state index in [1.165, 1.54) is 12.3 Å². The molecule has 2 aromatic heterocycles. The van der Waals surface area contributed by atoms with E-state index in [1.807, 2.05) is 0 Å². The van der Waals surface area contributed by atoms with Crippen molar-refractivity contribution in [3.05, 3.63) is 52.2 Å². The molecule has 0 spiro atoms. The molecule has 3 aromatic rings. The molecule has 1 atom stereocenters. The van der Waals surface area contributed by atoms with Crippen molar-refractivity contribution in [3.63, 3.8) is 0 Å². The lowest BCUT2D eigenvalue weighted by Crippen LogP contribution is -2.28. The lowest BCUT2D eigenvalue weighted by atomic mass is 10.2. The van der Waals surface area contributed by atoms with E-state index < -0.39 is 23.2 Å². The molecule has 0 aliphatic rings. The molecule has 21 heavy (non-hydrogen) atoms. The highest BCUT2D eigenvalue weighted by atomic mass is 19.1. The van der Waals surface area contributed by atoms with Crippen LogP contribution in [-0.2, 0) is 0 Å². The molecule has 0 aliphatic carbocycles. The fraction of sp³-hybridized carbons (Fsp3) is 0.154. The van der Waals surface area contributed by atoms with Crippen LogP contribution in [0.4, 0.5) is 8.78 Å². The van der Waals surface area contributed by atoms with Gasteiger partial charge in [0.15, 0.2) is 0 Å². The average molecular weight is 291 g/mol. The van der Waals surface area contributed by atoms with Crippen LogP contribution in [0.5, 0.6) is 0 Å². The first-order chi connectivity index (χ1) is 9.99. The predicted molar refractivity (Wildman–Crippen MR) is 72.0 cm³/mol. The first-order valence-electron chi connectivity index (χ1n) is 6.16. The summed E-state index contributed by atoms with van der Waals surface area (Å²) in [6.45, 7) is 1.62. The number of rotatable bonds is 2. The van der Waals surface area contributed by atoms with Crippen LogP contribution in [0.3, 0.4) is 0 Å². The standard InChI is InChI=1S/C13H11F2N5O/c1-6(16)12-18-9-5-7(14)4-8(15)11(9)13(21)20(12)10-2-3-17-19-10/h2-6H,16H2,1H3,(H,17,19)/t6-/m0/s1. The van der Waals surface area contributed by atoms with Gasteiger partial charge in [0.05, 0.1) is 17.8 Å². The summed E-state index contributed by atoms with van der Waals surface area (Å²) in [6, 6.07) is 2.57. The van der Waals surface area contributed by atoms with Gasteiger partial charge in [0.2, 0.25) is 0 Å². The summed E-state index contributed by atoms with van der Waals surface area (Å²) in [5, 5.41) is 6.06. The van der Waals surface area contributed by atoms with Crippen molar-refractivity contribution in [2.24, 2.45) is 5.73 Å². The molecule has 1 aromatic carbocycles. The van der Waals surface area contributed by atoms with Gasteiger partial charge in [0.1, 0.15) is 28.7 Å². The molecular formula is C13H11F2N5O. The smallest absolute Gasteiger partial charge is 0.270 e. The van der Waals surface area contributed by atoms with Gasteiger partial charge >= 0.3 is 0 Å². The molecule has 3 N–H and O–H groups in total. The molecule has 6 nitrogen and oxygen atoms in total. The zero-order valence-electron chi connectivity index (χ0n) is 11.0. The maximum absolute atomic E-state index is 13.9. The SMILES string of the molecule is C[C@H](N)c1nc2cc(F)cc(F)c2c(=O)n1-c1ccn[nH]1. The Morgan fingerprint density at radius 2 is 2.14 bits per heavy atom. The minimum Gasteiger partial charge on any atom is -0.322 e. The van der Waals surface area contributed by atoms with Crippen LogP contribution < -0.4 is 11.3 Å². The molecule has 8 heteroatoms. The van der Waals surface area contributed by atoms with Gasteiger partial charge < -0.3 is 5.73 Å². The molecule has 0 saturated carbocycles. The summed E-state index contributed by atoms with van der Waals surface area (Å²) in [6.07, 6.45) is 1.44. The third-order valence-corrected chi connectivity index (χ3v) is 3.05. The summed E-state index contributed by atoms with van der Waals surface area (Å²) in [4.78, 5) is 16.7. The van der Waals surface area contributed by atoms with Gasteiger partial charge in [0, 0.05) is 18.2 Å². The van der Waals surface area contributed by atoms with E-state index in [0.717, 1.165) is 10.6 Å². The number of nitrogens with one attached hydrogen (secondary N) is 1. The summed E-state index contributed by atoms with van der Waals surface area (Å²) >= 11 is 0. The maximum Gasteiger partial charge on any atom is 0.270 e. The Morgan fingerprint density at radius 3 is 2.76 bits per heavy atom. The van der Waals surface area contributed by atoms with Gasteiger partial charge in [-0.2, -0.15) is 5.10 Å². The number of aromatic nitrogens is 4. The largest absolute Gasteiger partial charge is 0.322 e. The van der Waals surface area contributed by atoms with E-state index in [4.69, 9.17) is 5.73 Å². The summed E-state index contributed by atoms with van der Waals surface area (Å²) in [5.74, 6) is -1.28. The van der Waals surface area contributed by atoms with E-state index in [1.54, 1.807) is 6.92 Å². The van der Waals surface area contributed by atoms with E-state index in [9.17, 15) is 13.6 Å². The third-order valence-electron chi connectivity index (χ3n) is 3.05. The fourth-order valence-corrected chi connectivity index (χ4v) is 2.16. The number of hydrogen-bond acceptors (Lipinski definition) is 4. The number of H-pyrrole nitrogens is 1. The average Bonchev–Trinajstić information content (AvgIpc) is 2.90. The molecule has 0 radical (unpaired) electrons. The van der Waals surface area contributed by atoms with Crippen LogP contribution in [0.15, 0.2) is 29.2 Å². The summed E-state index contributed by atoms with van der Waals surface area (Å²) in [5.41, 5.74) is 5.07. The normalized spacial score (nSPS) is 12.8. The Morgan fingerprint density at radius 1 is 1.38 bits per heavy atom. The maximum atomic E-state index is 13.9. The molecule has 0 bridgehead atoms. The van der Waals surface area contributed by atoms with Crippen molar-refractivity contribution >= 4 is 10.9 Å². The molecule has 2 heterocycles. The number of nitrogens with two attached hydrogens (primary N) is 1. The zero-order chi connectivity index (χ0) is 15.1. The minimum absolute atomic E-state index is 0.0689. The van der Waals surface area contributed by atoms with Crippen LogP contribution in [0.2, 0.25) is 0 Å². The van der Waals surface area contributed by atoms with Crippen molar-refractivity contribution in [2.75, 3.05) is 0 Å². The van der Waals surface area contributed by atoms with Crippen LogP contribution >= 0.6 is 0 Å². The Hall–Kier alpha value is -2.61. The second-order valence-electron chi connectivity index (χ2n) is 4.62. The number of halogens is 2.